The van der Waals surface area contributed by atoms with E-state index in [1.807, 2.05) is 14.0 Å². The van der Waals surface area contributed by atoms with E-state index < -0.39 is 0 Å². The fourth-order valence-electron chi connectivity index (χ4n) is 3.99. The van der Waals surface area contributed by atoms with Gasteiger partial charge in [0.25, 0.3) is 0 Å². The van der Waals surface area contributed by atoms with Gasteiger partial charge in [0.05, 0.1) is 12.5 Å². The van der Waals surface area contributed by atoms with Gasteiger partial charge in [0.2, 0.25) is 0 Å². The SMILES string of the molecule is CCOC(=O)C1CCN(C(=NC)NCCCC2CCCCC2)CC1.I. The Kier molecular flexibility index (Phi) is 11.5. The molecule has 0 aromatic carbocycles. The molecule has 0 radical (unpaired) electrons. The highest BCUT2D eigenvalue weighted by Crippen LogP contribution is 2.27. The molecular weight excluding hydrogens is 429 g/mol. The van der Waals surface area contributed by atoms with E-state index in [9.17, 15) is 4.79 Å². The summed E-state index contributed by atoms with van der Waals surface area (Å²) >= 11 is 0. The molecule has 0 spiro atoms. The summed E-state index contributed by atoms with van der Waals surface area (Å²) in [5.74, 6) is 1.96. The van der Waals surface area contributed by atoms with Crippen LogP contribution in [0.25, 0.3) is 0 Å². The molecule has 2 fully saturated rings. The molecule has 5 nitrogen and oxygen atoms in total. The highest BCUT2D eigenvalue weighted by molar-refractivity contribution is 14.0. The number of carbonyl (C=O) groups is 1. The van der Waals surface area contributed by atoms with Gasteiger partial charge in [0.15, 0.2) is 5.96 Å². The lowest BCUT2D eigenvalue weighted by Crippen LogP contribution is -2.47. The third kappa shape index (κ3) is 7.71. The number of nitrogens with zero attached hydrogens (tertiary/aromatic N) is 2. The van der Waals surface area contributed by atoms with E-state index in [0.29, 0.717) is 6.61 Å². The minimum Gasteiger partial charge on any atom is -0.466 e. The summed E-state index contributed by atoms with van der Waals surface area (Å²) < 4.78 is 5.14. The Morgan fingerprint density at radius 2 is 1.84 bits per heavy atom. The Morgan fingerprint density at radius 3 is 2.44 bits per heavy atom. The van der Waals surface area contributed by atoms with Crippen LogP contribution in [0.1, 0.15) is 64.7 Å². The van der Waals surface area contributed by atoms with Crippen molar-refractivity contribution >= 4 is 35.9 Å². The second-order valence-electron chi connectivity index (χ2n) is 7.13. The van der Waals surface area contributed by atoms with Gasteiger partial charge in [-0.3, -0.25) is 9.79 Å². The predicted octanol–water partition coefficient (Wildman–Crippen LogP) is 3.82. The number of hydrogen-bond donors (Lipinski definition) is 1. The van der Waals surface area contributed by atoms with Crippen LogP contribution in [0, 0.1) is 11.8 Å². The van der Waals surface area contributed by atoms with Crippen LogP contribution in [0.3, 0.4) is 0 Å². The van der Waals surface area contributed by atoms with Crippen LogP contribution in [0.2, 0.25) is 0 Å². The normalized spacial score (nSPS) is 20.1. The second kappa shape index (κ2) is 12.8. The van der Waals surface area contributed by atoms with E-state index in [1.54, 1.807) is 0 Å². The standard InChI is InChI=1S/C19H35N3O2.HI/c1-3-24-18(23)17-11-14-22(15-12-17)19(20-2)21-13-7-10-16-8-5-4-6-9-16;/h16-17H,3-15H2,1-2H3,(H,20,21);1H. The Balaban J connectivity index is 0.00000312. The number of rotatable bonds is 6. The smallest absolute Gasteiger partial charge is 0.309 e. The predicted molar refractivity (Wildman–Crippen MR) is 114 cm³/mol. The van der Waals surface area contributed by atoms with Crippen LogP contribution in [0.4, 0.5) is 0 Å². The summed E-state index contributed by atoms with van der Waals surface area (Å²) in [6, 6.07) is 0. The molecule has 1 aliphatic carbocycles. The van der Waals surface area contributed by atoms with Crippen molar-refractivity contribution in [1.82, 2.24) is 10.2 Å². The average Bonchev–Trinajstić information content (AvgIpc) is 2.63. The van der Waals surface area contributed by atoms with E-state index in [0.717, 1.165) is 44.4 Å². The maximum atomic E-state index is 11.8. The van der Waals surface area contributed by atoms with Crippen molar-refractivity contribution in [3.63, 3.8) is 0 Å². The van der Waals surface area contributed by atoms with E-state index in [-0.39, 0.29) is 35.9 Å². The van der Waals surface area contributed by atoms with Crippen LogP contribution < -0.4 is 5.32 Å². The maximum absolute atomic E-state index is 11.8. The fraction of sp³-hybridized carbons (Fsp3) is 0.895. The number of likely N-dealkylation sites (tertiary alicyclic amines) is 1. The molecule has 2 rings (SSSR count). The Morgan fingerprint density at radius 1 is 1.16 bits per heavy atom. The number of carbonyl (C=O) groups excluding carboxylic acids is 1. The lowest BCUT2D eigenvalue weighted by Gasteiger charge is -2.33. The molecule has 25 heavy (non-hydrogen) atoms. The Labute approximate surface area is 170 Å². The van der Waals surface area contributed by atoms with Crippen molar-refractivity contribution in [2.24, 2.45) is 16.8 Å². The summed E-state index contributed by atoms with van der Waals surface area (Å²) in [6.45, 7) is 5.11. The van der Waals surface area contributed by atoms with Gasteiger partial charge in [-0.05, 0) is 38.5 Å². The lowest BCUT2D eigenvalue weighted by atomic mass is 9.86. The first-order chi connectivity index (χ1) is 11.7. The molecule has 0 bridgehead atoms. The number of piperidine rings is 1. The van der Waals surface area contributed by atoms with Crippen LogP contribution in [-0.2, 0) is 9.53 Å². The molecule has 1 heterocycles. The number of guanidine groups is 1. The molecule has 0 atom stereocenters. The molecule has 0 unspecified atom stereocenters. The number of esters is 1. The third-order valence-corrected chi connectivity index (χ3v) is 5.42. The number of hydrogen-bond acceptors (Lipinski definition) is 3. The summed E-state index contributed by atoms with van der Waals surface area (Å²) in [4.78, 5) is 18.5. The first kappa shape index (κ1) is 22.5. The topological polar surface area (TPSA) is 53.9 Å². The molecule has 0 aromatic rings. The zero-order chi connectivity index (χ0) is 17.2. The van der Waals surface area contributed by atoms with Crippen LogP contribution >= 0.6 is 24.0 Å². The van der Waals surface area contributed by atoms with Gasteiger partial charge < -0.3 is 15.0 Å². The first-order valence-corrected chi connectivity index (χ1v) is 9.86. The molecule has 1 N–H and O–H groups in total. The van der Waals surface area contributed by atoms with Gasteiger partial charge in [-0.2, -0.15) is 0 Å². The second-order valence-corrected chi connectivity index (χ2v) is 7.13. The molecule has 1 saturated heterocycles. The largest absolute Gasteiger partial charge is 0.466 e. The summed E-state index contributed by atoms with van der Waals surface area (Å²) in [5, 5.41) is 3.51. The van der Waals surface area contributed by atoms with Crippen molar-refractivity contribution in [2.45, 2.75) is 64.7 Å². The van der Waals surface area contributed by atoms with Gasteiger partial charge in [0, 0.05) is 26.7 Å². The molecule has 6 heteroatoms. The quantitative estimate of drug-likeness (QED) is 0.213. The fourth-order valence-corrected chi connectivity index (χ4v) is 3.99. The number of aliphatic imine (C=N–C) groups is 1. The molecule has 1 saturated carbocycles. The third-order valence-electron chi connectivity index (χ3n) is 5.42. The van der Waals surface area contributed by atoms with E-state index in [4.69, 9.17) is 4.74 Å². The average molecular weight is 465 g/mol. The van der Waals surface area contributed by atoms with E-state index >= 15 is 0 Å². The lowest BCUT2D eigenvalue weighted by molar-refractivity contribution is -0.149. The van der Waals surface area contributed by atoms with E-state index in [2.05, 4.69) is 15.2 Å². The molecule has 146 valence electrons. The summed E-state index contributed by atoms with van der Waals surface area (Å²) in [6.07, 6.45) is 11.4. The molecule has 0 aromatic heterocycles. The summed E-state index contributed by atoms with van der Waals surface area (Å²) in [5.41, 5.74) is 0. The van der Waals surface area contributed by atoms with Crippen molar-refractivity contribution in [3.05, 3.63) is 0 Å². The maximum Gasteiger partial charge on any atom is 0.309 e. The van der Waals surface area contributed by atoms with Gasteiger partial charge in [-0.1, -0.05) is 32.1 Å². The van der Waals surface area contributed by atoms with E-state index in [1.165, 1.54) is 44.9 Å². The molecule has 0 amide bonds. The molecular formula is C19H36IN3O2. The van der Waals surface area contributed by atoms with Crippen molar-refractivity contribution in [2.75, 3.05) is 33.3 Å². The minimum atomic E-state index is -0.0346. The van der Waals surface area contributed by atoms with Crippen LogP contribution in [-0.4, -0.2) is 50.1 Å². The number of ether oxygens (including phenoxy) is 1. The van der Waals surface area contributed by atoms with Gasteiger partial charge in [-0.25, -0.2) is 0 Å². The monoisotopic (exact) mass is 465 g/mol. The van der Waals surface area contributed by atoms with Crippen molar-refractivity contribution < 1.29 is 9.53 Å². The van der Waals surface area contributed by atoms with Gasteiger partial charge in [-0.15, -0.1) is 24.0 Å². The molecule has 1 aliphatic heterocycles. The minimum absolute atomic E-state index is 0. The Bertz CT molecular complexity index is 403. The van der Waals surface area contributed by atoms with Crippen LogP contribution in [0.5, 0.6) is 0 Å². The zero-order valence-electron chi connectivity index (χ0n) is 16.0. The van der Waals surface area contributed by atoms with Gasteiger partial charge >= 0.3 is 5.97 Å². The van der Waals surface area contributed by atoms with Crippen molar-refractivity contribution in [3.8, 4) is 0 Å². The first-order valence-electron chi connectivity index (χ1n) is 9.86. The number of halogens is 1. The number of nitrogens with one attached hydrogen (secondary N) is 1. The molecule has 2 aliphatic rings. The van der Waals surface area contributed by atoms with Gasteiger partial charge in [0.1, 0.15) is 0 Å². The zero-order valence-corrected chi connectivity index (χ0v) is 18.3. The van der Waals surface area contributed by atoms with Crippen molar-refractivity contribution in [1.29, 1.82) is 0 Å². The Hall–Kier alpha value is -0.530. The van der Waals surface area contributed by atoms with Crippen LogP contribution in [0.15, 0.2) is 4.99 Å². The highest BCUT2D eigenvalue weighted by atomic mass is 127. The highest BCUT2D eigenvalue weighted by Gasteiger charge is 2.27. The summed E-state index contributed by atoms with van der Waals surface area (Å²) in [7, 11) is 1.85.